The summed E-state index contributed by atoms with van der Waals surface area (Å²) in [6, 6.07) is 12.8. The number of aromatic amines is 1. The van der Waals surface area contributed by atoms with Gasteiger partial charge in [-0.1, -0.05) is 17.3 Å². The number of benzene rings is 2. The van der Waals surface area contributed by atoms with Gasteiger partial charge in [0.25, 0.3) is 5.91 Å². The Morgan fingerprint density at radius 3 is 2.74 bits per heavy atom. The van der Waals surface area contributed by atoms with E-state index in [4.69, 9.17) is 14.0 Å². The van der Waals surface area contributed by atoms with Gasteiger partial charge in [-0.3, -0.25) is 9.89 Å². The van der Waals surface area contributed by atoms with E-state index in [1.807, 2.05) is 40.9 Å². The third-order valence-electron chi connectivity index (χ3n) is 6.52. The van der Waals surface area contributed by atoms with Crippen LogP contribution in [0.4, 0.5) is 4.39 Å². The van der Waals surface area contributed by atoms with E-state index in [1.165, 1.54) is 6.07 Å². The van der Waals surface area contributed by atoms with Crippen LogP contribution in [0.5, 0.6) is 5.75 Å². The first-order valence-corrected chi connectivity index (χ1v) is 12.5. The molecule has 2 aromatic carbocycles. The summed E-state index contributed by atoms with van der Waals surface area (Å²) in [5.74, 6) is 2.17. The van der Waals surface area contributed by atoms with Gasteiger partial charge in [0.1, 0.15) is 18.0 Å². The number of amides is 1. The van der Waals surface area contributed by atoms with Gasteiger partial charge in [0.15, 0.2) is 17.3 Å². The van der Waals surface area contributed by atoms with Gasteiger partial charge in [0.05, 0.1) is 12.1 Å². The molecule has 1 N–H and O–H groups in total. The minimum atomic E-state index is -0.499. The maximum absolute atomic E-state index is 14.6. The van der Waals surface area contributed by atoms with Gasteiger partial charge >= 0.3 is 0 Å². The van der Waals surface area contributed by atoms with E-state index >= 15 is 0 Å². The van der Waals surface area contributed by atoms with Crippen molar-refractivity contribution in [3.8, 4) is 28.5 Å². The van der Waals surface area contributed by atoms with Crippen LogP contribution in [-0.2, 0) is 4.74 Å². The maximum atomic E-state index is 14.6. The van der Waals surface area contributed by atoms with Crippen molar-refractivity contribution in [2.45, 2.75) is 18.5 Å². The average molecular weight is 495 g/mol. The standard InChI is InChI=1S/C25H23FN4O4S/c1-32-6-7-33-22-11-21-18(9-19(22)26)24(28-27-21)23-10-20(29-34-23)14-2-4-15(5-3-14)25(31)30-16-8-17(30)13-35-12-16/h2-5,9-11,16-17H,6-8,12-13H2,1H3,(H,27,28). The van der Waals surface area contributed by atoms with Gasteiger partial charge < -0.3 is 18.9 Å². The molecule has 8 nitrogen and oxygen atoms in total. The summed E-state index contributed by atoms with van der Waals surface area (Å²) >= 11 is 1.92. The molecule has 180 valence electrons. The zero-order valence-electron chi connectivity index (χ0n) is 19.0. The molecule has 0 aliphatic carbocycles. The third-order valence-corrected chi connectivity index (χ3v) is 7.76. The fourth-order valence-corrected chi connectivity index (χ4v) is 5.95. The van der Waals surface area contributed by atoms with E-state index in [2.05, 4.69) is 15.4 Å². The number of carbonyl (C=O) groups is 1. The molecule has 0 saturated carbocycles. The lowest BCUT2D eigenvalue weighted by atomic mass is 9.93. The molecule has 4 aromatic rings. The number of fused-ring (bicyclic) bond motifs is 3. The first-order valence-electron chi connectivity index (χ1n) is 11.4. The number of halogens is 1. The van der Waals surface area contributed by atoms with Crippen LogP contribution < -0.4 is 4.74 Å². The largest absolute Gasteiger partial charge is 0.488 e. The number of nitrogens with one attached hydrogen (secondary N) is 1. The molecule has 10 heteroatoms. The second-order valence-electron chi connectivity index (χ2n) is 8.69. The van der Waals surface area contributed by atoms with Crippen LogP contribution >= 0.6 is 11.8 Å². The second-order valence-corrected chi connectivity index (χ2v) is 9.76. The van der Waals surface area contributed by atoms with Crippen molar-refractivity contribution in [1.29, 1.82) is 0 Å². The highest BCUT2D eigenvalue weighted by atomic mass is 32.2. The molecular weight excluding hydrogens is 471 g/mol. The topological polar surface area (TPSA) is 93.5 Å². The Labute approximate surface area is 204 Å². The first-order chi connectivity index (χ1) is 17.1. The Bertz CT molecular complexity index is 1370. The molecule has 0 spiro atoms. The van der Waals surface area contributed by atoms with E-state index in [0.717, 1.165) is 23.5 Å². The highest BCUT2D eigenvalue weighted by molar-refractivity contribution is 7.99. The Balaban J connectivity index is 1.21. The van der Waals surface area contributed by atoms with Gasteiger partial charge in [-0.25, -0.2) is 4.39 Å². The second kappa shape index (κ2) is 9.01. The summed E-state index contributed by atoms with van der Waals surface area (Å²) in [6.45, 7) is 0.605. The summed E-state index contributed by atoms with van der Waals surface area (Å²) in [5.41, 5.74) is 3.17. The molecule has 2 aliphatic rings. The molecule has 4 heterocycles. The lowest BCUT2D eigenvalue weighted by Crippen LogP contribution is -2.63. The number of nitrogens with zero attached hydrogens (tertiary/aromatic N) is 3. The molecule has 35 heavy (non-hydrogen) atoms. The number of H-pyrrole nitrogens is 1. The van der Waals surface area contributed by atoms with E-state index in [0.29, 0.717) is 52.3 Å². The number of aromatic nitrogens is 3. The normalized spacial score (nSPS) is 19.1. The number of hydrogen-bond acceptors (Lipinski definition) is 7. The average Bonchev–Trinajstić information content (AvgIpc) is 3.52. The van der Waals surface area contributed by atoms with E-state index in [1.54, 1.807) is 19.2 Å². The zero-order chi connectivity index (χ0) is 23.9. The van der Waals surface area contributed by atoms with E-state index in [9.17, 15) is 9.18 Å². The van der Waals surface area contributed by atoms with Crippen molar-refractivity contribution >= 4 is 28.6 Å². The summed E-state index contributed by atoms with van der Waals surface area (Å²) in [7, 11) is 1.56. The minimum Gasteiger partial charge on any atom is -0.488 e. The summed E-state index contributed by atoms with van der Waals surface area (Å²) in [4.78, 5) is 14.9. The fourth-order valence-electron chi connectivity index (χ4n) is 4.68. The summed E-state index contributed by atoms with van der Waals surface area (Å²) in [5, 5.41) is 11.9. The molecule has 2 aromatic heterocycles. The number of thioether (sulfide) groups is 1. The van der Waals surface area contributed by atoms with E-state index < -0.39 is 5.82 Å². The van der Waals surface area contributed by atoms with Crippen molar-refractivity contribution in [2.24, 2.45) is 0 Å². The number of methoxy groups -OCH3 is 1. The SMILES string of the molecule is COCCOc1cc2[nH]nc(-c3cc(-c4ccc(C(=O)N5C6CSCC5C6)cc4)no3)c2cc1F. The van der Waals surface area contributed by atoms with Crippen molar-refractivity contribution in [3.63, 3.8) is 0 Å². The van der Waals surface area contributed by atoms with Crippen LogP contribution in [-0.4, -0.2) is 70.1 Å². The summed E-state index contributed by atoms with van der Waals surface area (Å²) in [6.07, 6.45) is 1.12. The van der Waals surface area contributed by atoms with Gasteiger partial charge in [-0.2, -0.15) is 16.9 Å². The van der Waals surface area contributed by atoms with Crippen LogP contribution in [0.15, 0.2) is 47.0 Å². The molecule has 2 aliphatic heterocycles. The van der Waals surface area contributed by atoms with Crippen LogP contribution in [0, 0.1) is 5.82 Å². The Morgan fingerprint density at radius 2 is 2.00 bits per heavy atom. The van der Waals surface area contributed by atoms with Crippen molar-refractivity contribution in [1.82, 2.24) is 20.3 Å². The van der Waals surface area contributed by atoms with Gasteiger partial charge in [-0.15, -0.1) is 0 Å². The molecule has 1 amide bonds. The lowest BCUT2D eigenvalue weighted by molar-refractivity contribution is 0.0262. The third kappa shape index (κ3) is 3.96. The number of carbonyl (C=O) groups excluding carboxylic acids is 1. The van der Waals surface area contributed by atoms with E-state index in [-0.39, 0.29) is 18.3 Å². The fraction of sp³-hybridized carbons (Fsp3) is 0.320. The quantitative estimate of drug-likeness (QED) is 0.381. The zero-order valence-corrected chi connectivity index (χ0v) is 19.8. The van der Waals surface area contributed by atoms with Crippen LogP contribution in [0.1, 0.15) is 16.8 Å². The smallest absolute Gasteiger partial charge is 0.254 e. The van der Waals surface area contributed by atoms with Gasteiger partial charge in [-0.05, 0) is 24.6 Å². The molecular formula is C25H23FN4O4S. The number of ether oxygens (including phenoxy) is 2. The molecule has 6 rings (SSSR count). The molecule has 2 unspecified atom stereocenters. The van der Waals surface area contributed by atoms with Crippen molar-refractivity contribution < 1.29 is 23.2 Å². The van der Waals surface area contributed by atoms with Crippen LogP contribution in [0.25, 0.3) is 33.6 Å². The Kier molecular flexibility index (Phi) is 5.69. The summed E-state index contributed by atoms with van der Waals surface area (Å²) < 4.78 is 30.5. The monoisotopic (exact) mass is 494 g/mol. The molecule has 2 bridgehead atoms. The lowest BCUT2D eigenvalue weighted by Gasteiger charge is -2.52. The molecule has 2 atom stereocenters. The van der Waals surface area contributed by atoms with Gasteiger partial charge in [0, 0.05) is 59.3 Å². The first kappa shape index (κ1) is 22.1. The van der Waals surface area contributed by atoms with Crippen LogP contribution in [0.2, 0.25) is 0 Å². The van der Waals surface area contributed by atoms with Crippen molar-refractivity contribution in [2.75, 3.05) is 31.8 Å². The molecule has 0 radical (unpaired) electrons. The maximum Gasteiger partial charge on any atom is 0.254 e. The predicted molar refractivity (Wildman–Crippen MR) is 130 cm³/mol. The molecule has 2 fully saturated rings. The minimum absolute atomic E-state index is 0.0922. The number of hydrogen-bond donors (Lipinski definition) is 1. The Morgan fingerprint density at radius 1 is 1.20 bits per heavy atom. The number of rotatable bonds is 7. The highest BCUT2D eigenvalue weighted by Gasteiger charge is 2.44. The van der Waals surface area contributed by atoms with Crippen molar-refractivity contribution in [3.05, 3.63) is 53.8 Å². The highest BCUT2D eigenvalue weighted by Crippen LogP contribution is 2.38. The van der Waals surface area contributed by atoms with Crippen LogP contribution in [0.3, 0.4) is 0 Å². The van der Waals surface area contributed by atoms with Gasteiger partial charge in [0.2, 0.25) is 0 Å². The Hall–Kier alpha value is -3.37. The molecule has 2 saturated heterocycles. The predicted octanol–water partition coefficient (Wildman–Crippen LogP) is 4.38.